The van der Waals surface area contributed by atoms with Crippen molar-refractivity contribution in [2.45, 2.75) is 115 Å². The van der Waals surface area contributed by atoms with Gasteiger partial charge in [-0.25, -0.2) is 0 Å². The van der Waals surface area contributed by atoms with Crippen molar-refractivity contribution in [3.05, 3.63) is 0 Å². The van der Waals surface area contributed by atoms with Crippen LogP contribution in [0, 0.1) is 0 Å². The minimum atomic E-state index is -0.405. The Kier molecular flexibility index (Phi) is 9.81. The average molecular weight is 338 g/mol. The predicted molar refractivity (Wildman–Crippen MR) is 102 cm³/mol. The summed E-state index contributed by atoms with van der Waals surface area (Å²) in [5.74, 6) is 0. The lowest BCUT2D eigenvalue weighted by Gasteiger charge is -2.30. The maximum absolute atomic E-state index is 4.84. The summed E-state index contributed by atoms with van der Waals surface area (Å²) >= 11 is 4.84. The van der Waals surface area contributed by atoms with Crippen LogP contribution in [-0.2, 0) is 0 Å². The summed E-state index contributed by atoms with van der Waals surface area (Å²) in [5, 5.41) is 12.0. The SMILES string of the molecule is CCCCCCCCC(C)(CC)N=NC1(N=C=S)CCCCC1. The molecule has 1 atom stereocenters. The molecular weight excluding hydrogens is 302 g/mol. The highest BCUT2D eigenvalue weighted by Gasteiger charge is 2.32. The van der Waals surface area contributed by atoms with E-state index in [1.807, 2.05) is 0 Å². The number of thiocarbonyl (C=S) groups is 1. The zero-order valence-corrected chi connectivity index (χ0v) is 16.3. The number of hydrogen-bond donors (Lipinski definition) is 0. The monoisotopic (exact) mass is 337 g/mol. The van der Waals surface area contributed by atoms with E-state index < -0.39 is 5.66 Å². The van der Waals surface area contributed by atoms with Gasteiger partial charge in [0.2, 0.25) is 0 Å². The lowest BCUT2D eigenvalue weighted by Crippen LogP contribution is -2.28. The van der Waals surface area contributed by atoms with Crippen LogP contribution in [0.1, 0.15) is 104 Å². The van der Waals surface area contributed by atoms with Crippen LogP contribution in [0.2, 0.25) is 0 Å². The van der Waals surface area contributed by atoms with Crippen LogP contribution in [-0.4, -0.2) is 16.4 Å². The highest BCUT2D eigenvalue weighted by atomic mass is 32.1. The highest BCUT2D eigenvalue weighted by molar-refractivity contribution is 7.78. The third kappa shape index (κ3) is 7.67. The molecule has 0 saturated heterocycles. The second-order valence-corrected chi connectivity index (χ2v) is 7.50. The van der Waals surface area contributed by atoms with Gasteiger partial charge < -0.3 is 0 Å². The minimum Gasteiger partial charge on any atom is -0.200 e. The van der Waals surface area contributed by atoms with Crippen LogP contribution in [0.5, 0.6) is 0 Å². The van der Waals surface area contributed by atoms with Gasteiger partial charge in [0.25, 0.3) is 0 Å². The fourth-order valence-corrected chi connectivity index (χ4v) is 3.40. The molecule has 4 heteroatoms. The highest BCUT2D eigenvalue weighted by Crippen LogP contribution is 2.35. The van der Waals surface area contributed by atoms with Gasteiger partial charge in [-0.05, 0) is 57.7 Å². The molecule has 23 heavy (non-hydrogen) atoms. The summed E-state index contributed by atoms with van der Waals surface area (Å²) in [6.45, 7) is 6.71. The largest absolute Gasteiger partial charge is 0.200 e. The first kappa shape index (κ1) is 20.4. The van der Waals surface area contributed by atoms with Crippen molar-refractivity contribution in [3.8, 4) is 0 Å². The molecule has 0 aliphatic heterocycles. The third-order valence-electron chi connectivity index (χ3n) is 5.22. The molecule has 132 valence electrons. The second kappa shape index (κ2) is 11.0. The Hall–Kier alpha value is -0.600. The molecular formula is C19H35N3S. The van der Waals surface area contributed by atoms with Gasteiger partial charge in [-0.1, -0.05) is 58.8 Å². The second-order valence-electron chi connectivity index (χ2n) is 7.31. The summed E-state index contributed by atoms with van der Waals surface area (Å²) < 4.78 is 0. The Morgan fingerprint density at radius 1 is 1.00 bits per heavy atom. The zero-order valence-electron chi connectivity index (χ0n) is 15.4. The maximum Gasteiger partial charge on any atom is 0.180 e. The fourth-order valence-electron chi connectivity index (χ4n) is 3.23. The van der Waals surface area contributed by atoms with Crippen LogP contribution < -0.4 is 0 Å². The van der Waals surface area contributed by atoms with Gasteiger partial charge in [0.05, 0.1) is 10.7 Å². The van der Waals surface area contributed by atoms with Gasteiger partial charge in [0.15, 0.2) is 5.66 Å². The summed E-state index contributed by atoms with van der Waals surface area (Å²) in [4.78, 5) is 4.39. The van der Waals surface area contributed by atoms with Crippen LogP contribution in [0.4, 0.5) is 0 Å². The number of hydrogen-bond acceptors (Lipinski definition) is 4. The molecule has 1 fully saturated rings. The summed E-state index contributed by atoms with van der Waals surface area (Å²) in [5.41, 5.74) is -0.455. The Morgan fingerprint density at radius 2 is 1.65 bits per heavy atom. The first-order valence-corrected chi connectivity index (χ1v) is 10.0. The Balaban J connectivity index is 2.55. The summed E-state index contributed by atoms with van der Waals surface area (Å²) in [6, 6.07) is 0. The Labute approximate surface area is 148 Å². The molecule has 0 radical (unpaired) electrons. The van der Waals surface area contributed by atoms with E-state index in [4.69, 9.17) is 22.4 Å². The van der Waals surface area contributed by atoms with Gasteiger partial charge >= 0.3 is 0 Å². The lowest BCUT2D eigenvalue weighted by molar-refractivity contribution is 0.275. The molecule has 0 heterocycles. The predicted octanol–water partition coefficient (Wildman–Crippen LogP) is 7.12. The number of aliphatic imine (C=N–C) groups is 1. The Morgan fingerprint density at radius 3 is 2.26 bits per heavy atom. The number of unbranched alkanes of at least 4 members (excludes halogenated alkanes) is 5. The van der Waals surface area contributed by atoms with E-state index in [0.717, 1.165) is 25.7 Å². The number of rotatable bonds is 11. The van der Waals surface area contributed by atoms with Crippen molar-refractivity contribution < 1.29 is 0 Å². The lowest BCUT2D eigenvalue weighted by atomic mass is 9.90. The molecule has 0 amide bonds. The molecule has 0 bridgehead atoms. The molecule has 1 aliphatic carbocycles. The van der Waals surface area contributed by atoms with Crippen molar-refractivity contribution in [1.29, 1.82) is 0 Å². The minimum absolute atomic E-state index is 0.0494. The molecule has 0 aromatic rings. The molecule has 1 unspecified atom stereocenters. The Bertz CT molecular complexity index is 395. The topological polar surface area (TPSA) is 37.1 Å². The van der Waals surface area contributed by atoms with Crippen LogP contribution in [0.15, 0.2) is 15.2 Å². The van der Waals surface area contributed by atoms with Crippen molar-refractivity contribution in [3.63, 3.8) is 0 Å². The average Bonchev–Trinajstić information content (AvgIpc) is 2.57. The standard InChI is InChI=1S/C19H35N3S/c1-4-6-7-8-9-11-14-18(3,5-2)21-22-19(20-17-23)15-12-10-13-16-19/h4-16H2,1-3H3. The van der Waals surface area contributed by atoms with E-state index in [1.165, 1.54) is 57.8 Å². The normalized spacial score (nSPS) is 20.1. The van der Waals surface area contributed by atoms with Crippen molar-refractivity contribution in [2.24, 2.45) is 15.2 Å². The van der Waals surface area contributed by atoms with E-state index in [-0.39, 0.29) is 5.54 Å². The smallest absolute Gasteiger partial charge is 0.180 e. The molecule has 1 aliphatic rings. The van der Waals surface area contributed by atoms with Gasteiger partial charge in [-0.15, -0.1) is 0 Å². The van der Waals surface area contributed by atoms with Crippen LogP contribution >= 0.6 is 12.2 Å². The zero-order chi connectivity index (χ0) is 17.0. The van der Waals surface area contributed by atoms with Crippen LogP contribution in [0.25, 0.3) is 0 Å². The maximum atomic E-state index is 4.84. The molecule has 1 rings (SSSR count). The summed E-state index contributed by atoms with van der Waals surface area (Å²) in [7, 11) is 0. The van der Waals surface area contributed by atoms with Crippen LogP contribution in [0.3, 0.4) is 0 Å². The molecule has 0 N–H and O–H groups in total. The molecule has 1 saturated carbocycles. The number of isothiocyanates is 1. The summed E-state index contributed by atoms with van der Waals surface area (Å²) in [6.07, 6.45) is 15.6. The van der Waals surface area contributed by atoms with E-state index >= 15 is 0 Å². The molecule has 3 nitrogen and oxygen atoms in total. The van der Waals surface area contributed by atoms with E-state index in [1.54, 1.807) is 0 Å². The van der Waals surface area contributed by atoms with E-state index in [9.17, 15) is 0 Å². The number of azo groups is 1. The molecule has 0 spiro atoms. The van der Waals surface area contributed by atoms with Crippen molar-refractivity contribution in [1.82, 2.24) is 0 Å². The molecule has 0 aromatic heterocycles. The van der Waals surface area contributed by atoms with Crippen molar-refractivity contribution >= 4 is 17.4 Å². The first-order chi connectivity index (χ1) is 11.1. The quantitative estimate of drug-likeness (QED) is 0.171. The third-order valence-corrected chi connectivity index (χ3v) is 5.31. The first-order valence-electron chi connectivity index (χ1n) is 9.63. The van der Waals surface area contributed by atoms with Gasteiger partial charge in [0.1, 0.15) is 0 Å². The van der Waals surface area contributed by atoms with E-state index in [0.29, 0.717) is 0 Å². The fraction of sp³-hybridized carbons (Fsp3) is 0.947. The van der Waals surface area contributed by atoms with Gasteiger partial charge in [-0.3, -0.25) is 0 Å². The van der Waals surface area contributed by atoms with E-state index in [2.05, 4.69) is 30.9 Å². The van der Waals surface area contributed by atoms with Gasteiger partial charge in [-0.2, -0.15) is 15.2 Å². The molecule has 0 aromatic carbocycles. The van der Waals surface area contributed by atoms with Gasteiger partial charge in [0, 0.05) is 0 Å². The van der Waals surface area contributed by atoms with Crippen molar-refractivity contribution in [2.75, 3.05) is 0 Å². The number of nitrogens with zero attached hydrogens (tertiary/aromatic N) is 3.